The first-order valence-corrected chi connectivity index (χ1v) is 13.5. The van der Waals surface area contributed by atoms with E-state index in [1.807, 2.05) is 6.08 Å². The van der Waals surface area contributed by atoms with Gasteiger partial charge in [-0.15, -0.1) is 0 Å². The van der Waals surface area contributed by atoms with Gasteiger partial charge in [-0.25, -0.2) is 0 Å². The van der Waals surface area contributed by atoms with E-state index in [1.165, 1.54) is 23.9 Å². The van der Waals surface area contributed by atoms with Crippen molar-refractivity contribution in [1.82, 2.24) is 5.32 Å². The normalized spacial score (nSPS) is 24.4. The summed E-state index contributed by atoms with van der Waals surface area (Å²) in [5.41, 5.74) is 7.03. The number of methoxy groups -OCH3 is 1. The fourth-order valence-electron chi connectivity index (χ4n) is 4.96. The number of hydrogen-bond acceptors (Lipinski definition) is 5. The van der Waals surface area contributed by atoms with Gasteiger partial charge in [0.1, 0.15) is 4.87 Å². The largest absolute Gasteiger partial charge is 0.469 e. The Hall–Kier alpha value is -1.59. The Morgan fingerprint density at radius 2 is 2.15 bits per heavy atom. The third-order valence-electron chi connectivity index (χ3n) is 6.95. The van der Waals surface area contributed by atoms with Gasteiger partial charge in [0, 0.05) is 28.5 Å². The number of rotatable bonds is 11. The van der Waals surface area contributed by atoms with Crippen molar-refractivity contribution in [3.63, 3.8) is 0 Å². The fraction of sp³-hybridized carbons (Fsp3) is 0.462. The van der Waals surface area contributed by atoms with E-state index >= 15 is 0 Å². The summed E-state index contributed by atoms with van der Waals surface area (Å²) in [5.74, 6) is 0.775. The molecule has 2 heterocycles. The van der Waals surface area contributed by atoms with Gasteiger partial charge in [0.15, 0.2) is 5.82 Å². The molecule has 1 aliphatic carbocycles. The van der Waals surface area contributed by atoms with E-state index in [0.717, 1.165) is 59.7 Å². The molecule has 0 fully saturated rings. The van der Waals surface area contributed by atoms with E-state index in [1.54, 1.807) is 11.8 Å². The number of fused-ring (bicyclic) bond motifs is 2. The maximum atomic E-state index is 11.3. The van der Waals surface area contributed by atoms with Crippen molar-refractivity contribution in [3.05, 3.63) is 68.5 Å². The molecular formula is C26H30BrClN2O2S. The molecular weight excluding hydrogens is 520 g/mol. The third-order valence-corrected chi connectivity index (χ3v) is 8.87. The van der Waals surface area contributed by atoms with Gasteiger partial charge in [-0.3, -0.25) is 4.79 Å². The molecule has 0 radical (unpaired) electrons. The van der Waals surface area contributed by atoms with Crippen LogP contribution in [-0.4, -0.2) is 24.5 Å². The van der Waals surface area contributed by atoms with Crippen LogP contribution in [0, 0.1) is 0 Å². The summed E-state index contributed by atoms with van der Waals surface area (Å²) in [6.45, 7) is 7.17. The van der Waals surface area contributed by atoms with Crippen LogP contribution < -0.4 is 10.2 Å². The zero-order chi connectivity index (χ0) is 23.6. The van der Waals surface area contributed by atoms with Crippen LogP contribution in [-0.2, 0) is 14.9 Å². The maximum Gasteiger partial charge on any atom is 0.305 e. The minimum Gasteiger partial charge on any atom is -0.469 e. The van der Waals surface area contributed by atoms with Gasteiger partial charge >= 0.3 is 5.97 Å². The summed E-state index contributed by atoms with van der Waals surface area (Å²) >= 11 is 11.6. The molecule has 7 heteroatoms. The van der Waals surface area contributed by atoms with Gasteiger partial charge in [0.05, 0.1) is 11.5 Å². The molecule has 2 atom stereocenters. The van der Waals surface area contributed by atoms with Crippen LogP contribution in [0.2, 0.25) is 0 Å². The summed E-state index contributed by atoms with van der Waals surface area (Å²) in [5, 5.41) is 3.65. The lowest BCUT2D eigenvalue weighted by atomic mass is 9.75. The number of halogens is 2. The molecule has 176 valence electrons. The Labute approximate surface area is 214 Å². The monoisotopic (exact) mass is 548 g/mol. The zero-order valence-electron chi connectivity index (χ0n) is 19.2. The first-order chi connectivity index (χ1) is 15.9. The van der Waals surface area contributed by atoms with Crippen molar-refractivity contribution < 1.29 is 9.53 Å². The average Bonchev–Trinajstić information content (AvgIpc) is 3.20. The van der Waals surface area contributed by atoms with Crippen molar-refractivity contribution in [2.45, 2.75) is 62.2 Å². The summed E-state index contributed by atoms with van der Waals surface area (Å²) in [6.07, 6.45) is 11.0. The van der Waals surface area contributed by atoms with Gasteiger partial charge in [-0.2, -0.15) is 0 Å². The van der Waals surface area contributed by atoms with Crippen LogP contribution >= 0.6 is 39.3 Å². The molecule has 0 amide bonds. The second-order valence-corrected chi connectivity index (χ2v) is 11.7. The lowest BCUT2D eigenvalue weighted by Gasteiger charge is -2.31. The SMILES string of the molecule is C=C=C(NC12C=C1C=C(Cl)S2)N1C[C@@](CC)(CCCCCCC(=O)OC)c2cc(Br)ccc21. The Kier molecular flexibility index (Phi) is 7.40. The van der Waals surface area contributed by atoms with Crippen LogP contribution in [0.4, 0.5) is 5.69 Å². The van der Waals surface area contributed by atoms with Gasteiger partial charge in [0.2, 0.25) is 0 Å². The standard InChI is InChI=1S/C26H30BrClN2O2S/c1-4-23(29-26-16-18(26)14-22(28)33-26)30-17-25(5-2,20-15-19(27)11-12-21(20)30)13-9-7-6-8-10-24(31)32-3/h11-12,14-16,29H,1,5-10,13,17H2,2-3H3/t25-,26?/m1/s1. The topological polar surface area (TPSA) is 41.6 Å². The Morgan fingerprint density at radius 3 is 2.82 bits per heavy atom. The number of anilines is 1. The summed E-state index contributed by atoms with van der Waals surface area (Å²) in [6, 6.07) is 6.57. The van der Waals surface area contributed by atoms with Crippen molar-refractivity contribution in [1.29, 1.82) is 0 Å². The molecule has 0 saturated heterocycles. The number of carbonyl (C=O) groups is 1. The highest BCUT2D eigenvalue weighted by Gasteiger charge is 2.51. The number of ether oxygens (including phenoxy) is 1. The molecule has 1 unspecified atom stereocenters. The minimum atomic E-state index is -0.246. The zero-order valence-corrected chi connectivity index (χ0v) is 22.3. The van der Waals surface area contributed by atoms with Gasteiger partial charge in [-0.1, -0.05) is 77.8 Å². The number of thioether (sulfide) groups is 1. The third kappa shape index (κ3) is 4.95. The van der Waals surface area contributed by atoms with E-state index in [-0.39, 0.29) is 16.3 Å². The summed E-state index contributed by atoms with van der Waals surface area (Å²) in [4.78, 5) is 13.4. The van der Waals surface area contributed by atoms with Crippen LogP contribution in [0.5, 0.6) is 0 Å². The number of unbranched alkanes of at least 4 members (excludes halogenated alkanes) is 3. The van der Waals surface area contributed by atoms with Crippen LogP contribution in [0.15, 0.2) is 62.9 Å². The summed E-state index contributed by atoms with van der Waals surface area (Å²) in [7, 11) is 1.45. The highest BCUT2D eigenvalue weighted by atomic mass is 79.9. The number of nitrogens with one attached hydrogen (secondary N) is 1. The quantitative estimate of drug-likeness (QED) is 0.181. The van der Waals surface area contributed by atoms with E-state index in [2.05, 4.69) is 69.7 Å². The van der Waals surface area contributed by atoms with Gasteiger partial charge in [0.25, 0.3) is 0 Å². The lowest BCUT2D eigenvalue weighted by molar-refractivity contribution is -0.140. The number of hydrogen-bond donors (Lipinski definition) is 1. The molecule has 0 aromatic heterocycles. The predicted molar refractivity (Wildman–Crippen MR) is 141 cm³/mol. The average molecular weight is 550 g/mol. The highest BCUT2D eigenvalue weighted by Crippen LogP contribution is 2.57. The molecule has 2 aliphatic heterocycles. The van der Waals surface area contributed by atoms with Crippen LogP contribution in [0.3, 0.4) is 0 Å². The molecule has 0 bridgehead atoms. The number of benzene rings is 1. The van der Waals surface area contributed by atoms with Gasteiger partial charge < -0.3 is 15.0 Å². The minimum absolute atomic E-state index is 0.0570. The molecule has 0 spiro atoms. The molecule has 4 nitrogen and oxygen atoms in total. The Bertz CT molecular complexity index is 1060. The predicted octanol–water partition coefficient (Wildman–Crippen LogP) is 7.11. The van der Waals surface area contributed by atoms with Crippen molar-refractivity contribution in [2.75, 3.05) is 18.6 Å². The molecule has 1 N–H and O–H groups in total. The van der Waals surface area contributed by atoms with Crippen molar-refractivity contribution in [2.24, 2.45) is 0 Å². The van der Waals surface area contributed by atoms with Crippen LogP contribution in [0.1, 0.15) is 57.4 Å². The molecule has 3 aliphatic rings. The first kappa shape index (κ1) is 24.5. The molecule has 4 rings (SSSR count). The fourth-order valence-corrected chi connectivity index (χ4v) is 6.81. The van der Waals surface area contributed by atoms with E-state index in [0.29, 0.717) is 6.42 Å². The molecule has 33 heavy (non-hydrogen) atoms. The summed E-state index contributed by atoms with van der Waals surface area (Å²) < 4.78 is 6.66. The number of esters is 1. The number of nitrogens with zero attached hydrogens (tertiary/aromatic N) is 1. The van der Waals surface area contributed by atoms with Crippen LogP contribution in [0.25, 0.3) is 0 Å². The Balaban J connectivity index is 1.47. The van der Waals surface area contributed by atoms with E-state index < -0.39 is 0 Å². The molecule has 0 saturated carbocycles. The van der Waals surface area contributed by atoms with E-state index in [4.69, 9.17) is 16.3 Å². The van der Waals surface area contributed by atoms with Crippen molar-refractivity contribution >= 4 is 50.9 Å². The lowest BCUT2D eigenvalue weighted by Crippen LogP contribution is -2.40. The Morgan fingerprint density at radius 1 is 1.36 bits per heavy atom. The molecule has 1 aromatic rings. The second kappa shape index (κ2) is 9.95. The second-order valence-electron chi connectivity index (χ2n) is 8.91. The van der Waals surface area contributed by atoms with Gasteiger partial charge in [-0.05, 0) is 60.8 Å². The molecule has 1 aromatic carbocycles. The highest BCUT2D eigenvalue weighted by molar-refractivity contribution is 9.10. The van der Waals surface area contributed by atoms with Crippen molar-refractivity contribution in [3.8, 4) is 0 Å². The number of carbonyl (C=O) groups excluding carboxylic acids is 1. The smallest absolute Gasteiger partial charge is 0.305 e. The maximum absolute atomic E-state index is 11.3. The van der Waals surface area contributed by atoms with E-state index in [9.17, 15) is 4.79 Å². The first-order valence-electron chi connectivity index (χ1n) is 11.5.